The highest BCUT2D eigenvalue weighted by molar-refractivity contribution is 5.97. The molecule has 0 saturated carbocycles. The van der Waals surface area contributed by atoms with E-state index in [4.69, 9.17) is 4.74 Å². The van der Waals surface area contributed by atoms with Crippen LogP contribution < -0.4 is 14.5 Å². The van der Waals surface area contributed by atoms with Crippen LogP contribution in [0.3, 0.4) is 0 Å². The van der Waals surface area contributed by atoms with Crippen LogP contribution in [0.1, 0.15) is 36.8 Å². The topological polar surface area (TPSA) is 65.9 Å². The molecule has 2 saturated heterocycles. The molecular formula is C22H22F5N3O3. The molecule has 2 aliphatic heterocycles. The first kappa shape index (κ1) is 23.2. The van der Waals surface area contributed by atoms with E-state index in [1.807, 2.05) is 0 Å². The minimum atomic E-state index is -4.86. The lowest BCUT2D eigenvalue weighted by Crippen LogP contribution is -2.33. The Labute approximate surface area is 186 Å². The maximum Gasteiger partial charge on any atom is 0.421 e. The summed E-state index contributed by atoms with van der Waals surface area (Å²) in [4.78, 5) is 18.8. The van der Waals surface area contributed by atoms with E-state index >= 15 is 0 Å². The smallest absolute Gasteiger partial charge is 0.421 e. The number of amides is 1. The number of aromatic nitrogens is 1. The Morgan fingerprint density at radius 2 is 1.91 bits per heavy atom. The summed E-state index contributed by atoms with van der Waals surface area (Å²) in [7, 11) is 1.24. The number of carbonyl (C=O) groups is 1. The lowest BCUT2D eigenvalue weighted by atomic mass is 9.97. The van der Waals surface area contributed by atoms with Gasteiger partial charge >= 0.3 is 6.18 Å². The molecule has 3 heterocycles. The summed E-state index contributed by atoms with van der Waals surface area (Å²) < 4.78 is 76.4. The molecule has 1 aromatic carbocycles. The van der Waals surface area contributed by atoms with Crippen molar-refractivity contribution in [1.29, 1.82) is 0 Å². The van der Waals surface area contributed by atoms with E-state index in [0.29, 0.717) is 0 Å². The number of anilines is 2. The number of methoxy groups -OCH3 is 1. The summed E-state index contributed by atoms with van der Waals surface area (Å²) in [6.45, 7) is 1.35. The van der Waals surface area contributed by atoms with Crippen LogP contribution in [0.15, 0.2) is 24.4 Å². The van der Waals surface area contributed by atoms with Gasteiger partial charge in [-0.05, 0) is 19.4 Å². The van der Waals surface area contributed by atoms with Crippen LogP contribution in [-0.4, -0.2) is 48.3 Å². The largest absolute Gasteiger partial charge is 0.497 e. The normalized spacial score (nSPS) is 23.5. The van der Waals surface area contributed by atoms with Crippen molar-refractivity contribution in [2.24, 2.45) is 0 Å². The average Bonchev–Trinajstić information content (AvgIpc) is 3.28. The van der Waals surface area contributed by atoms with Gasteiger partial charge in [0, 0.05) is 55.9 Å². The number of halogens is 5. The van der Waals surface area contributed by atoms with E-state index in [9.17, 15) is 31.9 Å². The molecule has 4 rings (SSSR count). The molecule has 0 radical (unpaired) electrons. The van der Waals surface area contributed by atoms with Crippen molar-refractivity contribution in [1.82, 2.24) is 4.98 Å². The van der Waals surface area contributed by atoms with Gasteiger partial charge in [0.1, 0.15) is 28.8 Å². The predicted molar refractivity (Wildman–Crippen MR) is 109 cm³/mol. The van der Waals surface area contributed by atoms with Gasteiger partial charge in [0.2, 0.25) is 5.91 Å². The fourth-order valence-corrected chi connectivity index (χ4v) is 4.51. The van der Waals surface area contributed by atoms with E-state index in [2.05, 4.69) is 4.98 Å². The molecule has 2 unspecified atom stereocenters. The molecule has 1 aromatic heterocycles. The fraction of sp³-hybridized carbons (Fsp3) is 0.455. The second kappa shape index (κ2) is 8.12. The molecule has 0 bridgehead atoms. The zero-order valence-corrected chi connectivity index (χ0v) is 17.9. The second-order valence-corrected chi connectivity index (χ2v) is 8.61. The number of alkyl halides is 3. The van der Waals surface area contributed by atoms with Crippen molar-refractivity contribution in [3.05, 3.63) is 47.2 Å². The van der Waals surface area contributed by atoms with Crippen LogP contribution >= 0.6 is 0 Å². The first-order valence-electron chi connectivity index (χ1n) is 10.3. The molecule has 2 atom stereocenters. The molecule has 33 heavy (non-hydrogen) atoms. The van der Waals surface area contributed by atoms with Crippen LogP contribution in [-0.2, 0) is 11.0 Å². The third-order valence-electron chi connectivity index (χ3n) is 6.06. The van der Waals surface area contributed by atoms with Gasteiger partial charge < -0.3 is 14.7 Å². The Bertz CT molecular complexity index is 1070. The number of hydrogen-bond donors (Lipinski definition) is 1. The molecule has 178 valence electrons. The van der Waals surface area contributed by atoms with Gasteiger partial charge in [0.05, 0.1) is 18.4 Å². The molecular weight excluding hydrogens is 449 g/mol. The summed E-state index contributed by atoms with van der Waals surface area (Å²) in [5.74, 6) is -4.27. The molecule has 2 aromatic rings. The van der Waals surface area contributed by atoms with Crippen LogP contribution in [0, 0.1) is 11.6 Å². The Morgan fingerprint density at radius 1 is 1.24 bits per heavy atom. The monoisotopic (exact) mass is 471 g/mol. The number of hydrogen-bond acceptors (Lipinski definition) is 5. The highest BCUT2D eigenvalue weighted by Gasteiger charge is 2.45. The van der Waals surface area contributed by atoms with Gasteiger partial charge in [-0.3, -0.25) is 9.69 Å². The van der Waals surface area contributed by atoms with Crippen LogP contribution in [0.2, 0.25) is 0 Å². The van der Waals surface area contributed by atoms with E-state index in [1.165, 1.54) is 25.0 Å². The molecule has 11 heteroatoms. The van der Waals surface area contributed by atoms with Gasteiger partial charge in [-0.25, -0.2) is 13.8 Å². The van der Waals surface area contributed by atoms with Crippen molar-refractivity contribution >= 4 is 17.4 Å². The molecule has 2 aliphatic rings. The number of ether oxygens (including phenoxy) is 1. The van der Waals surface area contributed by atoms with Gasteiger partial charge in [-0.2, -0.15) is 13.2 Å². The number of benzene rings is 1. The maximum atomic E-state index is 14.5. The minimum absolute atomic E-state index is 0.0155. The molecule has 0 spiro atoms. The summed E-state index contributed by atoms with van der Waals surface area (Å²) in [6, 6.07) is 3.12. The summed E-state index contributed by atoms with van der Waals surface area (Å²) in [6.07, 6.45) is -3.80. The lowest BCUT2D eigenvalue weighted by molar-refractivity contribution is -0.136. The molecule has 6 nitrogen and oxygen atoms in total. The number of aliphatic hydroxyl groups is 1. The number of β-amino-alcohol motifs (C(OH)–C–C–N with tert-alkyl or cyclic N) is 1. The van der Waals surface area contributed by atoms with Gasteiger partial charge in [0.15, 0.2) is 0 Å². The van der Waals surface area contributed by atoms with Crippen molar-refractivity contribution in [2.75, 3.05) is 36.5 Å². The Kier molecular flexibility index (Phi) is 5.71. The Balaban J connectivity index is 1.73. The third-order valence-corrected chi connectivity index (χ3v) is 6.06. The van der Waals surface area contributed by atoms with Crippen LogP contribution in [0.25, 0.3) is 0 Å². The van der Waals surface area contributed by atoms with E-state index < -0.39 is 46.6 Å². The minimum Gasteiger partial charge on any atom is -0.497 e. The summed E-state index contributed by atoms with van der Waals surface area (Å²) in [5, 5.41) is 10.2. The van der Waals surface area contributed by atoms with Crippen molar-refractivity contribution in [3.8, 4) is 5.75 Å². The lowest BCUT2D eigenvalue weighted by Gasteiger charge is -2.28. The summed E-state index contributed by atoms with van der Waals surface area (Å²) in [5.41, 5.74) is -2.85. The van der Waals surface area contributed by atoms with Crippen LogP contribution in [0.5, 0.6) is 5.75 Å². The second-order valence-electron chi connectivity index (χ2n) is 8.61. The van der Waals surface area contributed by atoms with E-state index in [-0.39, 0.29) is 49.5 Å². The Morgan fingerprint density at radius 3 is 2.45 bits per heavy atom. The fourth-order valence-electron chi connectivity index (χ4n) is 4.51. The standard InChI is InChI=1S/C22H22F5N3O3/c1-21(32)4-6-29(11-21)16-3-5-28-20(19(16)22(25,26)27)30-10-12(7-17(30)31)18-14(23)8-13(33-2)9-15(18)24/h3,5,8-9,12,32H,4,6-7,10-11H2,1-2H3. The van der Waals surface area contributed by atoms with Crippen LogP contribution in [0.4, 0.5) is 33.5 Å². The van der Waals surface area contributed by atoms with Gasteiger partial charge in [-0.15, -0.1) is 0 Å². The summed E-state index contributed by atoms with van der Waals surface area (Å²) >= 11 is 0. The average molecular weight is 471 g/mol. The zero-order chi connectivity index (χ0) is 24.1. The first-order chi connectivity index (χ1) is 15.4. The van der Waals surface area contributed by atoms with E-state index in [0.717, 1.165) is 23.2 Å². The highest BCUT2D eigenvalue weighted by atomic mass is 19.4. The third kappa shape index (κ3) is 4.33. The molecule has 0 aliphatic carbocycles. The number of pyridine rings is 1. The van der Waals surface area contributed by atoms with Gasteiger partial charge in [0.25, 0.3) is 0 Å². The molecule has 1 amide bonds. The highest BCUT2D eigenvalue weighted by Crippen LogP contribution is 2.45. The van der Waals surface area contributed by atoms with Crippen molar-refractivity contribution in [2.45, 2.75) is 37.5 Å². The Hall–Kier alpha value is -2.95. The molecule has 1 N–H and O–H groups in total. The first-order valence-corrected chi connectivity index (χ1v) is 10.3. The molecule has 2 fully saturated rings. The van der Waals surface area contributed by atoms with Gasteiger partial charge in [-0.1, -0.05) is 0 Å². The maximum absolute atomic E-state index is 14.5. The number of carbonyl (C=O) groups excluding carboxylic acids is 1. The zero-order valence-electron chi connectivity index (χ0n) is 17.9. The SMILES string of the molecule is COc1cc(F)c(C2CC(=O)N(c3nccc(N4CCC(C)(O)C4)c3C(F)(F)F)C2)c(F)c1. The van der Waals surface area contributed by atoms with Crippen molar-refractivity contribution in [3.63, 3.8) is 0 Å². The van der Waals surface area contributed by atoms with E-state index in [1.54, 1.807) is 0 Å². The van der Waals surface area contributed by atoms with Crippen molar-refractivity contribution < 1.29 is 36.6 Å². The number of nitrogens with zero attached hydrogens (tertiary/aromatic N) is 3. The predicted octanol–water partition coefficient (Wildman–Crippen LogP) is 3.87. The number of rotatable bonds is 4. The quantitative estimate of drug-likeness (QED) is 0.686.